The number of pyridine rings is 3. The van der Waals surface area contributed by atoms with Crippen molar-refractivity contribution in [2.45, 2.75) is 19.5 Å². The van der Waals surface area contributed by atoms with Gasteiger partial charge in [-0.2, -0.15) is 0 Å². The summed E-state index contributed by atoms with van der Waals surface area (Å²) < 4.78 is 3.23. The lowest BCUT2D eigenvalue weighted by molar-refractivity contribution is -0.658. The first-order valence-corrected chi connectivity index (χ1v) is 11.0. The molecule has 0 aliphatic rings. The Morgan fingerprint density at radius 3 is 2.62 bits per heavy atom. The molecule has 0 bridgehead atoms. The van der Waals surface area contributed by atoms with Crippen LogP contribution in [0.1, 0.15) is 21.5 Å². The van der Waals surface area contributed by atoms with E-state index in [1.807, 2.05) is 42.5 Å². The number of benzene rings is 1. The van der Waals surface area contributed by atoms with Gasteiger partial charge in [0.15, 0.2) is 0 Å². The van der Waals surface area contributed by atoms with Gasteiger partial charge < -0.3 is 11.1 Å². The second-order valence-electron chi connectivity index (χ2n) is 7.96. The number of hydrogen-bond donors (Lipinski definition) is 2. The van der Waals surface area contributed by atoms with E-state index in [0.717, 1.165) is 11.1 Å². The average molecular weight is 452 g/mol. The summed E-state index contributed by atoms with van der Waals surface area (Å²) in [7, 11) is 0. The number of fused-ring (bicyclic) bond motifs is 2. The first-order chi connectivity index (χ1) is 16.6. The van der Waals surface area contributed by atoms with Gasteiger partial charge in [-0.15, -0.1) is 0 Å². The third kappa shape index (κ3) is 4.09. The minimum Gasteiger partial charge on any atom is -0.348 e. The van der Waals surface area contributed by atoms with Crippen LogP contribution >= 0.6 is 0 Å². The number of carbonyl (C=O) groups excluding carboxylic acids is 1. The summed E-state index contributed by atoms with van der Waals surface area (Å²) in [5, 5.41) is 3.21. The fourth-order valence-corrected chi connectivity index (χ4v) is 3.97. The Morgan fingerprint density at radius 1 is 1.03 bits per heavy atom. The van der Waals surface area contributed by atoms with Crippen LogP contribution in [-0.4, -0.2) is 20.3 Å². The van der Waals surface area contributed by atoms with Crippen LogP contribution < -0.4 is 21.2 Å². The van der Waals surface area contributed by atoms with Crippen LogP contribution in [0.15, 0.2) is 90.1 Å². The molecule has 0 aliphatic heterocycles. The lowest BCUT2D eigenvalue weighted by Gasteiger charge is -2.12. The quantitative estimate of drug-likeness (QED) is 0.304. The fourth-order valence-electron chi connectivity index (χ4n) is 3.97. The van der Waals surface area contributed by atoms with Crippen molar-refractivity contribution in [1.29, 1.82) is 0 Å². The predicted molar refractivity (Wildman–Crippen MR) is 129 cm³/mol. The molecule has 3 N–H and O–H groups in total. The van der Waals surface area contributed by atoms with Crippen LogP contribution in [0, 0.1) is 0 Å². The lowest BCUT2D eigenvalue weighted by atomic mass is 10.1. The first-order valence-electron chi connectivity index (χ1n) is 11.0. The highest BCUT2D eigenvalue weighted by Crippen LogP contribution is 2.15. The van der Waals surface area contributed by atoms with Gasteiger partial charge in [-0.25, -0.2) is 4.57 Å². The van der Waals surface area contributed by atoms with Crippen molar-refractivity contribution < 1.29 is 9.36 Å². The van der Waals surface area contributed by atoms with E-state index in [4.69, 9.17) is 10.7 Å². The van der Waals surface area contributed by atoms with Gasteiger partial charge in [0.05, 0.1) is 6.54 Å². The summed E-state index contributed by atoms with van der Waals surface area (Å²) in [6.07, 6.45) is 5.69. The van der Waals surface area contributed by atoms with Gasteiger partial charge in [0.2, 0.25) is 11.5 Å². The second kappa shape index (κ2) is 9.11. The smallest absolute Gasteiger partial charge is 0.278 e. The SMILES string of the molecule is Nc1c(C(=O)NCc2cccnc2)cc2c(=O)n3ccccc3nc2[n+]1CCc1ccccc1. The highest BCUT2D eigenvalue weighted by molar-refractivity contribution is 6.00. The van der Waals surface area contributed by atoms with Crippen molar-refractivity contribution in [3.05, 3.63) is 112 Å². The molecule has 5 aromatic rings. The standard InChI is InChI=1S/C26H22N6O2/c27-23-20(25(33)29-17-19-9-6-12-28-16-19)15-21-24(30-22-10-4-5-13-31(22)26(21)34)32(23)14-11-18-7-2-1-3-8-18/h1-10,12-13,15-16,27H,11,14,17H2,(H,29,33)/p+1. The van der Waals surface area contributed by atoms with E-state index in [-0.39, 0.29) is 22.8 Å². The van der Waals surface area contributed by atoms with Crippen LogP contribution in [0.3, 0.4) is 0 Å². The minimum atomic E-state index is -0.366. The fraction of sp³-hybridized carbons (Fsp3) is 0.115. The van der Waals surface area contributed by atoms with E-state index >= 15 is 0 Å². The molecular formula is C26H23N6O2+. The largest absolute Gasteiger partial charge is 0.348 e. The third-order valence-electron chi connectivity index (χ3n) is 5.75. The molecule has 0 saturated heterocycles. The topological polar surface area (TPSA) is 106 Å². The summed E-state index contributed by atoms with van der Waals surface area (Å²) in [5.41, 5.74) is 9.45. The predicted octanol–water partition coefficient (Wildman–Crippen LogP) is 2.29. The summed E-state index contributed by atoms with van der Waals surface area (Å²) in [6, 6.07) is 20.6. The molecule has 0 spiro atoms. The number of nitrogens with one attached hydrogen (secondary N) is 1. The molecule has 1 amide bonds. The molecule has 5 rings (SSSR count). The van der Waals surface area contributed by atoms with Gasteiger partial charge in [-0.3, -0.25) is 19.0 Å². The first kappa shape index (κ1) is 21.3. The van der Waals surface area contributed by atoms with Crippen molar-refractivity contribution >= 4 is 28.4 Å². The number of rotatable bonds is 6. The van der Waals surface area contributed by atoms with Gasteiger partial charge >= 0.3 is 0 Å². The highest BCUT2D eigenvalue weighted by Gasteiger charge is 2.24. The maximum atomic E-state index is 13.3. The Bertz CT molecular complexity index is 1550. The molecule has 0 saturated carbocycles. The summed E-state index contributed by atoms with van der Waals surface area (Å²) in [4.78, 5) is 35.2. The Kier molecular flexibility index (Phi) is 5.70. The molecule has 0 atom stereocenters. The number of nitrogen functional groups attached to an aromatic ring is 1. The number of hydrogen-bond acceptors (Lipinski definition) is 5. The van der Waals surface area contributed by atoms with Crippen LogP contribution in [0.5, 0.6) is 0 Å². The maximum Gasteiger partial charge on any atom is 0.278 e. The number of amides is 1. The van der Waals surface area contributed by atoms with E-state index in [1.54, 1.807) is 41.4 Å². The number of nitrogens with two attached hydrogens (primary N) is 1. The maximum absolute atomic E-state index is 13.3. The number of nitrogens with zero attached hydrogens (tertiary/aromatic N) is 4. The Morgan fingerprint density at radius 2 is 1.82 bits per heavy atom. The molecule has 0 radical (unpaired) electrons. The Labute approximate surface area is 195 Å². The molecule has 4 heterocycles. The normalized spacial score (nSPS) is 11.1. The molecule has 0 unspecified atom stereocenters. The summed E-state index contributed by atoms with van der Waals surface area (Å²) in [5.74, 6) is -0.103. The van der Waals surface area contributed by atoms with E-state index in [0.29, 0.717) is 36.2 Å². The van der Waals surface area contributed by atoms with Gasteiger partial charge in [-0.1, -0.05) is 47.4 Å². The van der Waals surface area contributed by atoms with Gasteiger partial charge in [0.1, 0.15) is 10.9 Å². The molecule has 0 aliphatic carbocycles. The molecule has 8 nitrogen and oxygen atoms in total. The third-order valence-corrected chi connectivity index (χ3v) is 5.75. The minimum absolute atomic E-state index is 0.235. The second-order valence-corrected chi connectivity index (χ2v) is 7.96. The Balaban J connectivity index is 1.61. The van der Waals surface area contributed by atoms with Crippen LogP contribution in [-0.2, 0) is 19.5 Å². The monoisotopic (exact) mass is 451 g/mol. The molecule has 34 heavy (non-hydrogen) atoms. The molecular weight excluding hydrogens is 428 g/mol. The zero-order chi connectivity index (χ0) is 23.5. The van der Waals surface area contributed by atoms with E-state index in [1.165, 1.54) is 10.5 Å². The van der Waals surface area contributed by atoms with Gasteiger partial charge in [0, 0.05) is 31.6 Å². The van der Waals surface area contributed by atoms with Crippen LogP contribution in [0.25, 0.3) is 16.7 Å². The van der Waals surface area contributed by atoms with Crippen molar-refractivity contribution in [3.63, 3.8) is 0 Å². The number of carbonyl (C=O) groups is 1. The molecule has 8 heteroatoms. The summed E-state index contributed by atoms with van der Waals surface area (Å²) in [6.45, 7) is 0.759. The van der Waals surface area contributed by atoms with Crippen molar-refractivity contribution in [2.24, 2.45) is 0 Å². The molecule has 0 fully saturated rings. The van der Waals surface area contributed by atoms with Crippen LogP contribution in [0.2, 0.25) is 0 Å². The van der Waals surface area contributed by atoms with E-state index in [2.05, 4.69) is 10.3 Å². The Hall–Kier alpha value is -4.59. The number of aromatic nitrogens is 4. The number of aryl methyl sites for hydroxylation is 2. The van der Waals surface area contributed by atoms with Gasteiger partial charge in [0.25, 0.3) is 17.1 Å². The lowest BCUT2D eigenvalue weighted by Crippen LogP contribution is -2.43. The highest BCUT2D eigenvalue weighted by atomic mass is 16.1. The molecule has 168 valence electrons. The average Bonchev–Trinajstić information content (AvgIpc) is 2.88. The molecule has 4 aromatic heterocycles. The van der Waals surface area contributed by atoms with Gasteiger partial charge in [-0.05, 0) is 35.4 Å². The zero-order valence-electron chi connectivity index (χ0n) is 18.4. The van der Waals surface area contributed by atoms with E-state index < -0.39 is 0 Å². The van der Waals surface area contributed by atoms with E-state index in [9.17, 15) is 9.59 Å². The van der Waals surface area contributed by atoms with Crippen molar-refractivity contribution in [1.82, 2.24) is 19.7 Å². The summed E-state index contributed by atoms with van der Waals surface area (Å²) >= 11 is 0. The zero-order valence-corrected chi connectivity index (χ0v) is 18.4. The molecule has 1 aromatic carbocycles. The van der Waals surface area contributed by atoms with Crippen molar-refractivity contribution in [2.75, 3.05) is 5.73 Å². The van der Waals surface area contributed by atoms with Crippen molar-refractivity contribution in [3.8, 4) is 0 Å². The van der Waals surface area contributed by atoms with Crippen LogP contribution in [0.4, 0.5) is 5.82 Å². The number of anilines is 1.